The Bertz CT molecular complexity index is 837. The normalized spacial score (nSPS) is 11.2. The molecule has 0 atom stereocenters. The molecule has 23 heavy (non-hydrogen) atoms. The minimum absolute atomic E-state index is 0.139. The van der Waals surface area contributed by atoms with Crippen LogP contribution in [0, 0.1) is 0 Å². The molecule has 2 aromatic carbocycles. The SMILES string of the molecule is O=C(C=Cc1cc2cc(Cl)ccc2o1)NCCc1ccccc1. The molecule has 3 nitrogen and oxygen atoms in total. The third kappa shape index (κ3) is 4.24. The van der Waals surface area contributed by atoms with Crippen LogP contribution in [0.25, 0.3) is 17.0 Å². The first-order valence-electron chi connectivity index (χ1n) is 7.40. The number of nitrogens with one attached hydrogen (secondary N) is 1. The molecule has 116 valence electrons. The van der Waals surface area contributed by atoms with Crippen LogP contribution in [0.3, 0.4) is 0 Å². The quantitative estimate of drug-likeness (QED) is 0.704. The van der Waals surface area contributed by atoms with Gasteiger partial charge in [0.05, 0.1) is 0 Å². The minimum Gasteiger partial charge on any atom is -0.457 e. The lowest BCUT2D eigenvalue weighted by Crippen LogP contribution is -2.23. The van der Waals surface area contributed by atoms with Crippen molar-refractivity contribution in [3.8, 4) is 0 Å². The van der Waals surface area contributed by atoms with Crippen molar-refractivity contribution >= 4 is 34.6 Å². The molecule has 1 aromatic heterocycles. The second kappa shape index (κ2) is 7.16. The van der Waals surface area contributed by atoms with Crippen molar-refractivity contribution in [1.29, 1.82) is 0 Å². The molecule has 3 aromatic rings. The average Bonchev–Trinajstić information content (AvgIpc) is 2.96. The van der Waals surface area contributed by atoms with E-state index in [0.29, 0.717) is 17.3 Å². The van der Waals surface area contributed by atoms with Gasteiger partial charge >= 0.3 is 0 Å². The van der Waals surface area contributed by atoms with Crippen molar-refractivity contribution in [1.82, 2.24) is 5.32 Å². The van der Waals surface area contributed by atoms with Gasteiger partial charge in [-0.05, 0) is 42.3 Å². The molecule has 0 radical (unpaired) electrons. The van der Waals surface area contributed by atoms with Crippen molar-refractivity contribution in [3.05, 3.63) is 77.0 Å². The molecule has 0 aliphatic carbocycles. The van der Waals surface area contributed by atoms with Crippen LogP contribution in [0.5, 0.6) is 0 Å². The van der Waals surface area contributed by atoms with Crippen LogP contribution in [0.2, 0.25) is 5.02 Å². The molecule has 1 amide bonds. The van der Waals surface area contributed by atoms with Crippen LogP contribution in [0.15, 0.2) is 65.1 Å². The zero-order chi connectivity index (χ0) is 16.1. The second-order valence-electron chi connectivity index (χ2n) is 5.19. The summed E-state index contributed by atoms with van der Waals surface area (Å²) in [6, 6.07) is 17.3. The van der Waals surface area contributed by atoms with E-state index >= 15 is 0 Å². The van der Waals surface area contributed by atoms with Gasteiger partial charge in [-0.15, -0.1) is 0 Å². The van der Waals surface area contributed by atoms with E-state index in [0.717, 1.165) is 17.4 Å². The Balaban J connectivity index is 1.55. The van der Waals surface area contributed by atoms with Gasteiger partial charge in [0.2, 0.25) is 5.91 Å². The van der Waals surface area contributed by atoms with E-state index in [9.17, 15) is 4.79 Å². The molecule has 0 saturated heterocycles. The zero-order valence-corrected chi connectivity index (χ0v) is 13.2. The van der Waals surface area contributed by atoms with E-state index in [1.807, 2.05) is 48.5 Å². The summed E-state index contributed by atoms with van der Waals surface area (Å²) < 4.78 is 5.62. The third-order valence-electron chi connectivity index (χ3n) is 3.45. The van der Waals surface area contributed by atoms with Crippen molar-refractivity contribution in [2.45, 2.75) is 6.42 Å². The second-order valence-corrected chi connectivity index (χ2v) is 5.63. The highest BCUT2D eigenvalue weighted by atomic mass is 35.5. The van der Waals surface area contributed by atoms with E-state index in [4.69, 9.17) is 16.0 Å². The number of carbonyl (C=O) groups is 1. The van der Waals surface area contributed by atoms with E-state index < -0.39 is 0 Å². The lowest BCUT2D eigenvalue weighted by Gasteiger charge is -2.02. The van der Waals surface area contributed by atoms with Gasteiger partial charge in [-0.2, -0.15) is 0 Å². The lowest BCUT2D eigenvalue weighted by atomic mass is 10.1. The monoisotopic (exact) mass is 325 g/mol. The first-order valence-corrected chi connectivity index (χ1v) is 7.77. The molecule has 3 rings (SSSR count). The van der Waals surface area contributed by atoms with Gasteiger partial charge in [0.1, 0.15) is 11.3 Å². The smallest absolute Gasteiger partial charge is 0.244 e. The maximum atomic E-state index is 11.8. The third-order valence-corrected chi connectivity index (χ3v) is 3.69. The van der Waals surface area contributed by atoms with Gasteiger partial charge < -0.3 is 9.73 Å². The number of fused-ring (bicyclic) bond motifs is 1. The van der Waals surface area contributed by atoms with Crippen molar-refractivity contribution in [2.24, 2.45) is 0 Å². The van der Waals surface area contributed by atoms with Crippen LogP contribution in [-0.4, -0.2) is 12.5 Å². The molecule has 1 heterocycles. The largest absolute Gasteiger partial charge is 0.457 e. The highest BCUT2D eigenvalue weighted by Crippen LogP contribution is 2.23. The number of furan rings is 1. The average molecular weight is 326 g/mol. The summed E-state index contributed by atoms with van der Waals surface area (Å²) in [4.78, 5) is 11.8. The summed E-state index contributed by atoms with van der Waals surface area (Å²) in [6.07, 6.45) is 3.94. The topological polar surface area (TPSA) is 42.2 Å². The molecule has 0 unspecified atom stereocenters. The summed E-state index contributed by atoms with van der Waals surface area (Å²) in [5.41, 5.74) is 1.95. The van der Waals surface area contributed by atoms with Gasteiger partial charge in [0.25, 0.3) is 0 Å². The Morgan fingerprint density at radius 3 is 2.78 bits per heavy atom. The predicted octanol–water partition coefficient (Wildman–Crippen LogP) is 4.46. The van der Waals surface area contributed by atoms with Crippen LogP contribution in [0.1, 0.15) is 11.3 Å². The van der Waals surface area contributed by atoms with E-state index in [-0.39, 0.29) is 5.91 Å². The Morgan fingerprint density at radius 1 is 1.13 bits per heavy atom. The van der Waals surface area contributed by atoms with Gasteiger partial charge in [-0.3, -0.25) is 4.79 Å². The number of halogens is 1. The Hall–Kier alpha value is -2.52. The molecule has 4 heteroatoms. The van der Waals surface area contributed by atoms with Crippen LogP contribution in [0.4, 0.5) is 0 Å². The zero-order valence-electron chi connectivity index (χ0n) is 12.5. The van der Waals surface area contributed by atoms with Gasteiger partial charge in [-0.1, -0.05) is 41.9 Å². The molecular weight excluding hydrogens is 310 g/mol. The fraction of sp³-hybridized carbons (Fsp3) is 0.105. The highest BCUT2D eigenvalue weighted by Gasteiger charge is 2.02. The molecule has 0 aliphatic rings. The van der Waals surface area contributed by atoms with Gasteiger partial charge in [0, 0.05) is 23.0 Å². The van der Waals surface area contributed by atoms with Crippen molar-refractivity contribution in [3.63, 3.8) is 0 Å². The number of benzene rings is 2. The standard InChI is InChI=1S/C19H16ClNO2/c20-16-6-8-18-15(12-16)13-17(23-18)7-9-19(22)21-11-10-14-4-2-1-3-5-14/h1-9,12-13H,10-11H2,(H,21,22). The Labute approximate surface area is 139 Å². The maximum absolute atomic E-state index is 11.8. The molecule has 1 N–H and O–H groups in total. The number of hydrogen-bond donors (Lipinski definition) is 1. The van der Waals surface area contributed by atoms with Crippen molar-refractivity contribution < 1.29 is 9.21 Å². The highest BCUT2D eigenvalue weighted by molar-refractivity contribution is 6.31. The Kier molecular flexibility index (Phi) is 4.79. The van der Waals surface area contributed by atoms with Crippen molar-refractivity contribution in [2.75, 3.05) is 6.54 Å². The molecular formula is C19H16ClNO2. The van der Waals surface area contributed by atoms with E-state index in [2.05, 4.69) is 5.32 Å². The molecule has 0 saturated carbocycles. The fourth-order valence-electron chi connectivity index (χ4n) is 2.31. The van der Waals surface area contributed by atoms with Gasteiger partial charge in [0.15, 0.2) is 0 Å². The fourth-order valence-corrected chi connectivity index (χ4v) is 2.49. The molecule has 0 bridgehead atoms. The summed E-state index contributed by atoms with van der Waals surface area (Å²) in [7, 11) is 0. The lowest BCUT2D eigenvalue weighted by molar-refractivity contribution is -0.116. The predicted molar refractivity (Wildman–Crippen MR) is 93.4 cm³/mol. The van der Waals surface area contributed by atoms with Crippen LogP contribution < -0.4 is 5.32 Å². The molecule has 0 aliphatic heterocycles. The number of hydrogen-bond acceptors (Lipinski definition) is 2. The summed E-state index contributed by atoms with van der Waals surface area (Å²) >= 11 is 5.94. The first-order chi connectivity index (χ1) is 11.2. The number of amides is 1. The minimum atomic E-state index is -0.139. The summed E-state index contributed by atoms with van der Waals surface area (Å²) in [5.74, 6) is 0.486. The van der Waals surface area contributed by atoms with Gasteiger partial charge in [-0.25, -0.2) is 0 Å². The molecule has 0 fully saturated rings. The van der Waals surface area contributed by atoms with E-state index in [1.54, 1.807) is 12.1 Å². The molecule has 0 spiro atoms. The van der Waals surface area contributed by atoms with E-state index in [1.165, 1.54) is 11.6 Å². The maximum Gasteiger partial charge on any atom is 0.244 e. The summed E-state index contributed by atoms with van der Waals surface area (Å²) in [6.45, 7) is 0.600. The van der Waals surface area contributed by atoms with Crippen LogP contribution >= 0.6 is 11.6 Å². The van der Waals surface area contributed by atoms with Crippen LogP contribution in [-0.2, 0) is 11.2 Å². The number of rotatable bonds is 5. The summed E-state index contributed by atoms with van der Waals surface area (Å²) in [5, 5.41) is 4.43. The number of carbonyl (C=O) groups excluding carboxylic acids is 1. The Morgan fingerprint density at radius 2 is 1.96 bits per heavy atom. The first kappa shape index (κ1) is 15.4.